The van der Waals surface area contributed by atoms with Gasteiger partial charge in [0.2, 0.25) is 0 Å². The summed E-state index contributed by atoms with van der Waals surface area (Å²) in [6.45, 7) is 4.99. The molecule has 0 radical (unpaired) electrons. The van der Waals surface area contributed by atoms with Crippen molar-refractivity contribution in [3.8, 4) is 0 Å². The molecule has 0 bridgehead atoms. The first-order chi connectivity index (χ1) is 6.74. The summed E-state index contributed by atoms with van der Waals surface area (Å²) in [6, 6.07) is 0. The molecule has 0 unspecified atom stereocenters. The summed E-state index contributed by atoms with van der Waals surface area (Å²) in [7, 11) is 0.232. The van der Waals surface area contributed by atoms with E-state index >= 15 is 0 Å². The van der Waals surface area contributed by atoms with Crippen molar-refractivity contribution in [1.82, 2.24) is 0 Å². The average Bonchev–Trinajstić information content (AvgIpc) is 2.24. The van der Waals surface area contributed by atoms with E-state index < -0.39 is 9.05 Å². The van der Waals surface area contributed by atoms with Crippen LogP contribution in [0.4, 0.5) is 0 Å². The van der Waals surface area contributed by atoms with Gasteiger partial charge in [-0.3, -0.25) is 0 Å². The lowest BCUT2D eigenvalue weighted by Gasteiger charge is -2.24. The Balaban J connectivity index is 4.06. The summed E-state index contributed by atoms with van der Waals surface area (Å²) in [5, 5.41) is 0. The number of allylic oxidation sites excluding steroid dienone is 1. The van der Waals surface area contributed by atoms with Crippen molar-refractivity contribution in [3.63, 3.8) is 0 Å². The zero-order valence-electron chi connectivity index (χ0n) is 9.41. The molecule has 4 nitrogen and oxygen atoms in total. The lowest BCUT2D eigenvalue weighted by atomic mass is 10.5. The smallest absolute Gasteiger partial charge is 0.355 e. The van der Waals surface area contributed by atoms with Crippen molar-refractivity contribution < 1.29 is 17.7 Å². The van der Waals surface area contributed by atoms with Crippen molar-refractivity contribution in [2.45, 2.75) is 20.3 Å². The number of hydrogen-bond acceptors (Lipinski definition) is 4. The Labute approximate surface area is 87.3 Å². The third-order valence-electron chi connectivity index (χ3n) is 1.58. The van der Waals surface area contributed by atoms with Crippen LogP contribution in [-0.2, 0) is 17.7 Å². The van der Waals surface area contributed by atoms with E-state index in [1.807, 2.05) is 26.0 Å². The molecule has 0 atom stereocenters. The average molecular weight is 220 g/mol. The second-order valence-electron chi connectivity index (χ2n) is 2.64. The molecule has 0 heterocycles. The van der Waals surface area contributed by atoms with Crippen LogP contribution in [0.25, 0.3) is 0 Å². The van der Waals surface area contributed by atoms with E-state index in [1.54, 1.807) is 14.2 Å². The number of hydrogen-bond donors (Lipinski definition) is 0. The predicted molar refractivity (Wildman–Crippen MR) is 56.8 cm³/mol. The molecule has 0 fully saturated rings. The zero-order chi connectivity index (χ0) is 10.9. The van der Waals surface area contributed by atoms with E-state index in [0.717, 1.165) is 6.42 Å². The highest BCUT2D eigenvalue weighted by Gasteiger charge is 2.42. The quantitative estimate of drug-likeness (QED) is 0.461. The topological polar surface area (TPSA) is 36.9 Å². The van der Waals surface area contributed by atoms with Crippen molar-refractivity contribution in [2.75, 3.05) is 27.4 Å². The summed E-state index contributed by atoms with van der Waals surface area (Å²) >= 11 is 0. The third-order valence-corrected chi connectivity index (χ3v) is 3.65. The molecule has 5 heteroatoms. The Morgan fingerprint density at radius 1 is 1.14 bits per heavy atom. The normalized spacial score (nSPS) is 12.6. The van der Waals surface area contributed by atoms with Gasteiger partial charge in [0, 0.05) is 20.8 Å². The summed E-state index contributed by atoms with van der Waals surface area (Å²) in [5.74, 6) is 0. The van der Waals surface area contributed by atoms with Crippen LogP contribution in [0.5, 0.6) is 0 Å². The summed E-state index contributed by atoms with van der Waals surface area (Å²) in [4.78, 5) is 0. The minimum absolute atomic E-state index is 0.452. The molecule has 14 heavy (non-hydrogen) atoms. The zero-order valence-corrected chi connectivity index (χ0v) is 10.4. The van der Waals surface area contributed by atoms with E-state index in [2.05, 4.69) is 0 Å². The second kappa shape index (κ2) is 8.13. The molecule has 0 aliphatic carbocycles. The van der Waals surface area contributed by atoms with Crippen LogP contribution in [0.15, 0.2) is 12.2 Å². The van der Waals surface area contributed by atoms with E-state index in [9.17, 15) is 0 Å². The largest absolute Gasteiger partial charge is 0.679 e. The first-order valence-electron chi connectivity index (χ1n) is 4.74. The van der Waals surface area contributed by atoms with Gasteiger partial charge in [-0.15, -0.1) is 0 Å². The monoisotopic (exact) mass is 220 g/mol. The van der Waals surface area contributed by atoms with Gasteiger partial charge in [-0.1, -0.05) is 19.1 Å². The van der Waals surface area contributed by atoms with Crippen molar-refractivity contribution in [1.29, 1.82) is 0 Å². The van der Waals surface area contributed by atoms with Crippen molar-refractivity contribution in [2.24, 2.45) is 0 Å². The summed E-state index contributed by atoms with van der Waals surface area (Å²) in [5.41, 5.74) is 0. The van der Waals surface area contributed by atoms with Gasteiger partial charge in [0.25, 0.3) is 0 Å². The Hall–Kier alpha value is -0.203. The van der Waals surface area contributed by atoms with Crippen molar-refractivity contribution >= 4 is 9.05 Å². The molecule has 0 N–H and O–H groups in total. The lowest BCUT2D eigenvalue weighted by molar-refractivity contribution is -0.00228. The summed E-state index contributed by atoms with van der Waals surface area (Å²) < 4.78 is 21.3. The van der Waals surface area contributed by atoms with Gasteiger partial charge in [-0.25, -0.2) is 0 Å². The van der Waals surface area contributed by atoms with Crippen LogP contribution in [0.3, 0.4) is 0 Å². The summed E-state index contributed by atoms with van der Waals surface area (Å²) in [6.07, 6.45) is 4.70. The molecule has 0 saturated carbocycles. The molecular weight excluding hydrogens is 200 g/mol. The fourth-order valence-electron chi connectivity index (χ4n) is 0.834. The maximum Gasteiger partial charge on any atom is 0.679 e. The third kappa shape index (κ3) is 4.87. The van der Waals surface area contributed by atoms with Gasteiger partial charge in [0.15, 0.2) is 0 Å². The van der Waals surface area contributed by atoms with E-state index in [0.29, 0.717) is 13.2 Å². The molecule has 0 aliphatic rings. The molecule has 84 valence electrons. The van der Waals surface area contributed by atoms with Crippen LogP contribution in [0.1, 0.15) is 20.3 Å². The Morgan fingerprint density at radius 2 is 1.79 bits per heavy atom. The van der Waals surface area contributed by atoms with Crippen LogP contribution >= 0.6 is 0 Å². The van der Waals surface area contributed by atoms with Crippen molar-refractivity contribution in [3.05, 3.63) is 12.2 Å². The van der Waals surface area contributed by atoms with Gasteiger partial charge < -0.3 is 17.7 Å². The standard InChI is InChI=1S/C9H20O4Si/c1-5-7-9-13-14(10-3,11-4)12-8-6-2/h5,7H,6,8-9H2,1-4H3. The second-order valence-corrected chi connectivity index (χ2v) is 5.03. The fourth-order valence-corrected chi connectivity index (χ4v) is 2.31. The maximum absolute atomic E-state index is 5.46. The molecule has 0 aromatic heterocycles. The highest BCUT2D eigenvalue weighted by Crippen LogP contribution is 2.09. The molecule has 0 aliphatic heterocycles. The van der Waals surface area contributed by atoms with Crippen LogP contribution in [0.2, 0.25) is 0 Å². The molecule has 0 saturated heterocycles. The Kier molecular flexibility index (Phi) is 8.02. The van der Waals surface area contributed by atoms with Gasteiger partial charge in [0.05, 0.1) is 6.61 Å². The molecular formula is C9H20O4Si. The lowest BCUT2D eigenvalue weighted by Crippen LogP contribution is -2.47. The minimum Gasteiger partial charge on any atom is -0.355 e. The Bertz CT molecular complexity index is 157. The fraction of sp³-hybridized carbons (Fsp3) is 0.778. The van der Waals surface area contributed by atoms with Crippen LogP contribution < -0.4 is 0 Å². The Morgan fingerprint density at radius 3 is 2.21 bits per heavy atom. The highest BCUT2D eigenvalue weighted by molar-refractivity contribution is 6.53. The molecule has 0 spiro atoms. The van der Waals surface area contributed by atoms with Gasteiger partial charge in [-0.2, -0.15) is 0 Å². The first-order valence-corrected chi connectivity index (χ1v) is 6.37. The minimum atomic E-state index is -2.85. The van der Waals surface area contributed by atoms with E-state index in [4.69, 9.17) is 17.7 Å². The van der Waals surface area contributed by atoms with Crippen LogP contribution in [0, 0.1) is 0 Å². The van der Waals surface area contributed by atoms with Gasteiger partial charge in [0.1, 0.15) is 0 Å². The van der Waals surface area contributed by atoms with E-state index in [-0.39, 0.29) is 0 Å². The maximum atomic E-state index is 5.46. The SMILES string of the molecule is CC=CCO[Si](OC)(OC)OCCC. The van der Waals surface area contributed by atoms with Gasteiger partial charge in [-0.05, 0) is 13.3 Å². The number of rotatable bonds is 8. The van der Waals surface area contributed by atoms with Crippen LogP contribution in [-0.4, -0.2) is 36.5 Å². The van der Waals surface area contributed by atoms with E-state index in [1.165, 1.54) is 0 Å². The predicted octanol–water partition coefficient (Wildman–Crippen LogP) is 1.73. The highest BCUT2D eigenvalue weighted by atomic mass is 28.4. The molecule has 0 aromatic carbocycles. The first kappa shape index (κ1) is 13.8. The molecule has 0 aromatic rings. The molecule has 0 amide bonds. The molecule has 0 rings (SSSR count). The van der Waals surface area contributed by atoms with Gasteiger partial charge >= 0.3 is 9.05 Å².